The number of hydrogen-bond donors (Lipinski definition) is 2. The Bertz CT molecular complexity index is 1010. The molecule has 0 radical (unpaired) electrons. The minimum absolute atomic E-state index is 0.0526. The molecule has 1 fully saturated rings. The van der Waals surface area contributed by atoms with Gasteiger partial charge in [0.2, 0.25) is 5.91 Å². The van der Waals surface area contributed by atoms with Gasteiger partial charge in [-0.3, -0.25) is 14.3 Å². The van der Waals surface area contributed by atoms with Gasteiger partial charge in [-0.2, -0.15) is 5.10 Å². The molecule has 4 rings (SSSR count). The lowest BCUT2D eigenvalue weighted by Crippen LogP contribution is -2.24. The van der Waals surface area contributed by atoms with Gasteiger partial charge in [0.05, 0.1) is 6.54 Å². The molecule has 1 aromatic heterocycles. The number of rotatable bonds is 6. The predicted octanol–water partition coefficient (Wildman–Crippen LogP) is 4.70. The van der Waals surface area contributed by atoms with Crippen molar-refractivity contribution in [3.05, 3.63) is 78.1 Å². The summed E-state index contributed by atoms with van der Waals surface area (Å²) in [4.78, 5) is 25.4. The molecule has 2 amide bonds. The maximum Gasteiger partial charge on any atom is 0.255 e. The number of para-hydroxylation sites is 1. The van der Waals surface area contributed by atoms with E-state index in [-0.39, 0.29) is 17.7 Å². The molecule has 1 heterocycles. The summed E-state index contributed by atoms with van der Waals surface area (Å²) in [6.07, 6.45) is 8.93. The van der Waals surface area contributed by atoms with E-state index in [2.05, 4.69) is 15.7 Å². The minimum atomic E-state index is -0.211. The quantitative estimate of drug-likeness (QED) is 0.627. The van der Waals surface area contributed by atoms with E-state index in [1.807, 2.05) is 47.3 Å². The summed E-state index contributed by atoms with van der Waals surface area (Å²) < 4.78 is 1.81. The molecular formula is C24H26N4O2. The summed E-state index contributed by atoms with van der Waals surface area (Å²) in [7, 11) is 0. The maximum absolute atomic E-state index is 12.9. The summed E-state index contributed by atoms with van der Waals surface area (Å²) in [6.45, 7) is 0.570. The topological polar surface area (TPSA) is 76.0 Å². The summed E-state index contributed by atoms with van der Waals surface area (Å²) in [5, 5.41) is 10.2. The summed E-state index contributed by atoms with van der Waals surface area (Å²) in [5.41, 5.74) is 2.87. The molecule has 0 saturated heterocycles. The first-order valence-corrected chi connectivity index (χ1v) is 10.5. The molecule has 6 nitrogen and oxygen atoms in total. The van der Waals surface area contributed by atoms with Crippen LogP contribution in [0.2, 0.25) is 0 Å². The Hall–Kier alpha value is -3.41. The van der Waals surface area contributed by atoms with Gasteiger partial charge in [0.15, 0.2) is 0 Å². The third-order valence-corrected chi connectivity index (χ3v) is 5.53. The molecule has 0 bridgehead atoms. The molecule has 154 valence electrons. The molecule has 0 atom stereocenters. The van der Waals surface area contributed by atoms with Crippen LogP contribution >= 0.6 is 0 Å². The van der Waals surface area contributed by atoms with Crippen molar-refractivity contribution in [3.63, 3.8) is 0 Å². The fourth-order valence-corrected chi connectivity index (χ4v) is 3.89. The summed E-state index contributed by atoms with van der Waals surface area (Å²) in [5.74, 6) is -0.0843. The van der Waals surface area contributed by atoms with Crippen molar-refractivity contribution >= 4 is 23.2 Å². The van der Waals surface area contributed by atoms with Crippen molar-refractivity contribution in [1.29, 1.82) is 0 Å². The highest BCUT2D eigenvalue weighted by atomic mass is 16.2. The Labute approximate surface area is 176 Å². The van der Waals surface area contributed by atoms with Gasteiger partial charge in [0, 0.05) is 35.2 Å². The van der Waals surface area contributed by atoms with Crippen molar-refractivity contribution in [2.45, 2.75) is 38.6 Å². The van der Waals surface area contributed by atoms with E-state index in [4.69, 9.17) is 0 Å². The highest BCUT2D eigenvalue weighted by molar-refractivity contribution is 6.05. The Morgan fingerprint density at radius 3 is 2.60 bits per heavy atom. The van der Waals surface area contributed by atoms with Crippen molar-refractivity contribution in [1.82, 2.24) is 9.78 Å². The second-order valence-electron chi connectivity index (χ2n) is 7.72. The minimum Gasteiger partial charge on any atom is -0.326 e. The highest BCUT2D eigenvalue weighted by Crippen LogP contribution is 2.25. The SMILES string of the molecule is O=C(Nc1ccccc1Cn1cccn1)c1cccc(NC(=O)C2CCCCC2)c1. The van der Waals surface area contributed by atoms with E-state index in [0.717, 1.165) is 36.9 Å². The number of nitrogens with one attached hydrogen (secondary N) is 2. The number of benzene rings is 2. The van der Waals surface area contributed by atoms with Crippen LogP contribution in [0.3, 0.4) is 0 Å². The van der Waals surface area contributed by atoms with Crippen LogP contribution in [0.25, 0.3) is 0 Å². The van der Waals surface area contributed by atoms with Gasteiger partial charge < -0.3 is 10.6 Å². The predicted molar refractivity (Wildman–Crippen MR) is 117 cm³/mol. The second-order valence-corrected chi connectivity index (χ2v) is 7.72. The lowest BCUT2D eigenvalue weighted by molar-refractivity contribution is -0.120. The monoisotopic (exact) mass is 402 g/mol. The third-order valence-electron chi connectivity index (χ3n) is 5.53. The molecule has 1 saturated carbocycles. The molecule has 0 spiro atoms. The van der Waals surface area contributed by atoms with Crippen LogP contribution in [-0.4, -0.2) is 21.6 Å². The van der Waals surface area contributed by atoms with Crippen LogP contribution < -0.4 is 10.6 Å². The van der Waals surface area contributed by atoms with E-state index >= 15 is 0 Å². The molecule has 3 aromatic rings. The molecule has 2 aromatic carbocycles. The number of anilines is 2. The van der Waals surface area contributed by atoms with Gasteiger partial charge in [-0.15, -0.1) is 0 Å². The molecule has 0 unspecified atom stereocenters. The number of amides is 2. The Balaban J connectivity index is 1.44. The first-order valence-electron chi connectivity index (χ1n) is 10.5. The Morgan fingerprint density at radius 2 is 1.80 bits per heavy atom. The van der Waals surface area contributed by atoms with Gasteiger partial charge in [0.1, 0.15) is 0 Å². The largest absolute Gasteiger partial charge is 0.326 e. The molecule has 1 aliphatic carbocycles. The third kappa shape index (κ3) is 4.95. The number of nitrogens with zero attached hydrogens (tertiary/aromatic N) is 2. The maximum atomic E-state index is 12.9. The Kier molecular flexibility index (Phi) is 6.23. The fraction of sp³-hybridized carbons (Fsp3) is 0.292. The number of carbonyl (C=O) groups excluding carboxylic acids is 2. The Morgan fingerprint density at radius 1 is 0.967 bits per heavy atom. The van der Waals surface area contributed by atoms with E-state index in [9.17, 15) is 9.59 Å². The van der Waals surface area contributed by atoms with Crippen LogP contribution in [0.15, 0.2) is 67.0 Å². The molecule has 30 heavy (non-hydrogen) atoms. The summed E-state index contributed by atoms with van der Waals surface area (Å²) >= 11 is 0. The molecule has 1 aliphatic rings. The van der Waals surface area contributed by atoms with Crippen molar-refractivity contribution in [2.24, 2.45) is 5.92 Å². The summed E-state index contributed by atoms with van der Waals surface area (Å²) in [6, 6.07) is 16.6. The van der Waals surface area contributed by atoms with Crippen molar-refractivity contribution < 1.29 is 9.59 Å². The fourth-order valence-electron chi connectivity index (χ4n) is 3.89. The lowest BCUT2D eigenvalue weighted by atomic mass is 9.88. The van der Waals surface area contributed by atoms with Crippen LogP contribution in [0.5, 0.6) is 0 Å². The van der Waals surface area contributed by atoms with Crippen LogP contribution in [0.4, 0.5) is 11.4 Å². The second kappa shape index (κ2) is 9.39. The van der Waals surface area contributed by atoms with Gasteiger partial charge in [0.25, 0.3) is 5.91 Å². The highest BCUT2D eigenvalue weighted by Gasteiger charge is 2.21. The first-order chi connectivity index (χ1) is 14.7. The zero-order chi connectivity index (χ0) is 20.8. The van der Waals surface area contributed by atoms with Crippen molar-refractivity contribution in [3.8, 4) is 0 Å². The van der Waals surface area contributed by atoms with E-state index < -0.39 is 0 Å². The van der Waals surface area contributed by atoms with Crippen LogP contribution in [-0.2, 0) is 11.3 Å². The zero-order valence-corrected chi connectivity index (χ0v) is 16.9. The first kappa shape index (κ1) is 19.9. The van der Waals surface area contributed by atoms with E-state index in [0.29, 0.717) is 17.8 Å². The molecule has 6 heteroatoms. The average molecular weight is 402 g/mol. The van der Waals surface area contributed by atoms with E-state index in [1.165, 1.54) is 6.42 Å². The van der Waals surface area contributed by atoms with Crippen LogP contribution in [0, 0.1) is 5.92 Å². The van der Waals surface area contributed by atoms with Gasteiger partial charge in [-0.05, 0) is 48.7 Å². The van der Waals surface area contributed by atoms with Gasteiger partial charge >= 0.3 is 0 Å². The number of carbonyl (C=O) groups is 2. The smallest absolute Gasteiger partial charge is 0.255 e. The normalized spacial score (nSPS) is 14.3. The standard InChI is InChI=1S/C24H26N4O2/c29-23(18-8-2-1-3-9-18)26-21-12-6-11-19(16-21)24(30)27-22-13-5-4-10-20(22)17-28-15-7-14-25-28/h4-7,10-16,18H,1-3,8-9,17H2,(H,26,29)(H,27,30). The van der Waals surface area contributed by atoms with Crippen molar-refractivity contribution in [2.75, 3.05) is 10.6 Å². The molecule has 0 aliphatic heterocycles. The molecule has 2 N–H and O–H groups in total. The zero-order valence-electron chi connectivity index (χ0n) is 16.9. The van der Waals surface area contributed by atoms with Gasteiger partial charge in [-0.1, -0.05) is 43.5 Å². The average Bonchev–Trinajstić information content (AvgIpc) is 3.29. The van der Waals surface area contributed by atoms with Gasteiger partial charge in [-0.25, -0.2) is 0 Å². The molecular weight excluding hydrogens is 376 g/mol. The number of hydrogen-bond acceptors (Lipinski definition) is 3. The lowest BCUT2D eigenvalue weighted by Gasteiger charge is -2.20. The van der Waals surface area contributed by atoms with E-state index in [1.54, 1.807) is 24.4 Å². The number of aromatic nitrogens is 2. The van der Waals surface area contributed by atoms with Crippen LogP contribution in [0.1, 0.15) is 48.0 Å².